The van der Waals surface area contributed by atoms with Gasteiger partial charge in [-0.3, -0.25) is 0 Å². The second kappa shape index (κ2) is 26.2. The number of aromatic amines is 2. The van der Waals surface area contributed by atoms with E-state index in [0.29, 0.717) is 0 Å². The molecule has 2 aliphatic rings. The van der Waals surface area contributed by atoms with E-state index in [0.717, 1.165) is 134 Å². The fourth-order valence-electron chi connectivity index (χ4n) is 14.9. The Morgan fingerprint density at radius 3 is 0.423 bits per heavy atom. The van der Waals surface area contributed by atoms with Crippen LogP contribution < -0.4 is 0 Å². The summed E-state index contributed by atoms with van der Waals surface area (Å²) in [5, 5.41) is 0. The van der Waals surface area contributed by atoms with Gasteiger partial charge in [-0.1, -0.05) is 360 Å². The van der Waals surface area contributed by atoms with Crippen molar-refractivity contribution in [1.82, 2.24) is 19.9 Å². The van der Waals surface area contributed by atoms with Gasteiger partial charge >= 0.3 is 0 Å². The summed E-state index contributed by atoms with van der Waals surface area (Å²) in [6, 6.07) is 84.1. The summed E-state index contributed by atoms with van der Waals surface area (Å²) in [6.45, 7) is 55.2. The highest BCUT2D eigenvalue weighted by molar-refractivity contribution is 6.12. The van der Waals surface area contributed by atoms with Crippen molar-refractivity contribution in [2.24, 2.45) is 0 Å². The first-order valence-corrected chi connectivity index (χ1v) is 37.8. The lowest BCUT2D eigenvalue weighted by molar-refractivity contribution is 0.590. The third kappa shape index (κ3) is 14.5. The fraction of sp³-hybridized carbons (Fsp3) is 0.320. The van der Waals surface area contributed by atoms with Crippen molar-refractivity contribution in [1.29, 1.82) is 0 Å². The minimum atomic E-state index is -0.0682. The minimum absolute atomic E-state index is 0.0669. The van der Waals surface area contributed by atoms with Crippen LogP contribution in [0.25, 0.3) is 88.9 Å². The molecule has 8 aromatic carbocycles. The Morgan fingerprint density at radius 2 is 0.298 bits per heavy atom. The van der Waals surface area contributed by atoms with E-state index in [9.17, 15) is 0 Å². The molecule has 2 aliphatic heterocycles. The molecule has 0 spiro atoms. The molecule has 0 radical (unpaired) electrons. The largest absolute Gasteiger partial charge is 0.354 e. The van der Waals surface area contributed by atoms with Gasteiger partial charge in [0, 0.05) is 66.6 Å². The summed E-state index contributed by atoms with van der Waals surface area (Å²) >= 11 is 0. The number of rotatable bonds is 8. The summed E-state index contributed by atoms with van der Waals surface area (Å²) in [4.78, 5) is 20.8. The lowest BCUT2D eigenvalue weighted by Crippen LogP contribution is -2.11. The number of nitrogens with one attached hydrogen (secondary N) is 2. The van der Waals surface area contributed by atoms with Crippen LogP contribution in [0.3, 0.4) is 0 Å². The lowest BCUT2D eigenvalue weighted by Gasteiger charge is -2.20. The molecule has 8 bridgehead atoms. The maximum Gasteiger partial charge on any atom is 0.0743 e. The van der Waals surface area contributed by atoms with Crippen molar-refractivity contribution < 1.29 is 0 Å². The average Bonchev–Trinajstić information content (AvgIpc) is 1.58. The molecule has 0 amide bonds. The van der Waals surface area contributed by atoms with Crippen LogP contribution in [0.2, 0.25) is 0 Å². The van der Waals surface area contributed by atoms with E-state index in [-0.39, 0.29) is 43.3 Å². The predicted molar refractivity (Wildman–Crippen MR) is 448 cm³/mol. The second-order valence-corrected chi connectivity index (χ2v) is 37.9. The summed E-state index contributed by atoms with van der Waals surface area (Å²) in [6.07, 6.45) is 0. The van der Waals surface area contributed by atoms with Gasteiger partial charge in [-0.25, -0.2) is 9.97 Å². The van der Waals surface area contributed by atoms with Crippen molar-refractivity contribution in [3.05, 3.63) is 308 Å². The Kier molecular flexibility index (Phi) is 18.3. The van der Waals surface area contributed by atoms with E-state index in [1.54, 1.807) is 0 Å². The molecule has 0 saturated carbocycles. The van der Waals surface area contributed by atoms with Crippen LogP contribution >= 0.6 is 0 Å². The molecular formula is C100H110N4. The third-order valence-corrected chi connectivity index (χ3v) is 21.6. The molecule has 0 saturated heterocycles. The van der Waals surface area contributed by atoms with Crippen molar-refractivity contribution in [3.63, 3.8) is 0 Å². The van der Waals surface area contributed by atoms with Crippen LogP contribution in [0.5, 0.6) is 0 Å². The SMILES string of the molecule is CC(C)(C)c1ccc(C2=C(c3ccc(C(C)(C)C)cc3)c3cc4[nH]c(cc5nc(cc6[nH]c(cc2n3)c(-c2ccc(C(C)(C)C)cc2)c6-c2ccc(C(C)(C)C)cc2)C(c2ccc(C(C)(C)C)cc2)=C5c2ccc(C(C)(C)C)cc2)c(-c2ccc(C(C)(C)C)cc2)c4-c2ccc(C(C)(C)C)cc2)cc1. The van der Waals surface area contributed by atoms with Gasteiger partial charge < -0.3 is 9.97 Å². The highest BCUT2D eigenvalue weighted by atomic mass is 14.8. The Labute approximate surface area is 622 Å². The Morgan fingerprint density at radius 1 is 0.173 bits per heavy atom. The maximum atomic E-state index is 6.13. The fourth-order valence-corrected chi connectivity index (χ4v) is 14.9. The van der Waals surface area contributed by atoms with E-state index in [2.05, 4.69) is 395 Å². The summed E-state index contributed by atoms with van der Waals surface area (Å²) in [5.41, 5.74) is 34.2. The number of hydrogen-bond donors (Lipinski definition) is 2. The summed E-state index contributed by atoms with van der Waals surface area (Å²) in [7, 11) is 0. The molecule has 0 atom stereocenters. The zero-order valence-electron chi connectivity index (χ0n) is 66.7. The van der Waals surface area contributed by atoms with Crippen LogP contribution in [-0.4, -0.2) is 19.9 Å². The Hall–Kier alpha value is -9.64. The zero-order chi connectivity index (χ0) is 74.8. The highest BCUT2D eigenvalue weighted by Crippen LogP contribution is 2.50. The molecule has 0 aliphatic carbocycles. The second-order valence-electron chi connectivity index (χ2n) is 37.9. The predicted octanol–water partition coefficient (Wildman–Crippen LogP) is 27.4. The minimum Gasteiger partial charge on any atom is -0.354 e. The first-order valence-electron chi connectivity index (χ1n) is 37.8. The molecule has 13 rings (SSSR count). The van der Waals surface area contributed by atoms with Crippen LogP contribution in [0.1, 0.15) is 256 Å². The van der Waals surface area contributed by atoms with Crippen molar-refractivity contribution in [2.75, 3.05) is 0 Å². The van der Waals surface area contributed by atoms with E-state index in [4.69, 9.17) is 9.97 Å². The number of fused-ring (bicyclic) bond motifs is 8. The van der Waals surface area contributed by atoms with Gasteiger partial charge in [0.15, 0.2) is 0 Å². The third-order valence-electron chi connectivity index (χ3n) is 21.6. The van der Waals surface area contributed by atoms with Gasteiger partial charge in [-0.15, -0.1) is 0 Å². The van der Waals surface area contributed by atoms with E-state index >= 15 is 0 Å². The van der Waals surface area contributed by atoms with Gasteiger partial charge in [0.2, 0.25) is 0 Å². The highest BCUT2D eigenvalue weighted by Gasteiger charge is 2.32. The van der Waals surface area contributed by atoms with Crippen molar-refractivity contribution in [2.45, 2.75) is 209 Å². The van der Waals surface area contributed by atoms with Crippen LogP contribution in [0, 0.1) is 0 Å². The van der Waals surface area contributed by atoms with Gasteiger partial charge in [0.25, 0.3) is 0 Å². The van der Waals surface area contributed by atoms with E-state index in [1.165, 1.54) is 44.5 Å². The van der Waals surface area contributed by atoms with E-state index < -0.39 is 0 Å². The Balaban J connectivity index is 1.30. The molecule has 4 nitrogen and oxygen atoms in total. The molecular weight excluding hydrogens is 1260 g/mol. The standard InChI is InChI=1S/C100H110N4/c1-93(2,3)69-41-25-61(26-42-69)85-77-57-79-87(63-29-45-71(46-30-63)95(7,8)9)89(65-33-49-73(50-34-65)97(13,14)15)81(102-79)59-83-91(67-37-53-75(54-38-67)99(19,20)21)92(68-39-55-76(56-40-68)100(22,23)24)84(104-83)60-82-90(66-35-51-74(52-36-66)98(16,17)18)88(64-31-47-72(48-32-64)96(10,11)12)80(103-82)58-78(101-77)86(85)62-27-43-70(44-28-62)94(4,5)6/h25-60,101,104H,1-24H3. The van der Waals surface area contributed by atoms with Crippen LogP contribution in [0.15, 0.2) is 218 Å². The van der Waals surface area contributed by atoms with Gasteiger partial charge in [0.05, 0.1) is 22.8 Å². The molecule has 530 valence electrons. The first kappa shape index (κ1) is 72.7. The molecule has 3 aromatic heterocycles. The molecule has 2 N–H and O–H groups in total. The number of benzene rings is 8. The summed E-state index contributed by atoms with van der Waals surface area (Å²) in [5.74, 6) is 0. The zero-order valence-corrected chi connectivity index (χ0v) is 66.7. The van der Waals surface area contributed by atoms with E-state index in [1.807, 2.05) is 0 Å². The lowest BCUT2D eigenvalue weighted by atomic mass is 9.83. The first-order chi connectivity index (χ1) is 48.6. The molecule has 4 heteroatoms. The smallest absolute Gasteiger partial charge is 0.0743 e. The summed E-state index contributed by atoms with van der Waals surface area (Å²) < 4.78 is 0. The quantitative estimate of drug-likeness (QED) is 0.159. The molecule has 5 heterocycles. The van der Waals surface area contributed by atoms with Crippen LogP contribution in [0.4, 0.5) is 0 Å². The molecule has 0 fully saturated rings. The molecule has 0 unspecified atom stereocenters. The van der Waals surface area contributed by atoms with Gasteiger partial charge in [0.1, 0.15) is 0 Å². The Bertz CT molecular complexity index is 4630. The topological polar surface area (TPSA) is 57.4 Å². The normalized spacial score (nSPS) is 13.7. The maximum absolute atomic E-state index is 6.13. The van der Waals surface area contributed by atoms with Crippen LogP contribution in [-0.2, 0) is 43.3 Å². The monoisotopic (exact) mass is 1370 g/mol. The average molecular weight is 1370 g/mol. The number of nitrogens with zero attached hydrogens (tertiary/aromatic N) is 2. The van der Waals surface area contributed by atoms with Gasteiger partial charge in [-0.05, 0) is 157 Å². The van der Waals surface area contributed by atoms with Crippen molar-refractivity contribution >= 4 is 44.4 Å². The van der Waals surface area contributed by atoms with Gasteiger partial charge in [-0.2, -0.15) is 0 Å². The number of aromatic nitrogens is 4. The number of H-pyrrole nitrogens is 2. The molecule has 11 aromatic rings. The number of hydrogen-bond acceptors (Lipinski definition) is 2. The molecule has 104 heavy (non-hydrogen) atoms. The van der Waals surface area contributed by atoms with Crippen molar-refractivity contribution in [3.8, 4) is 44.5 Å².